The Labute approximate surface area is 111 Å². The zero-order chi connectivity index (χ0) is 14.5. The second kappa shape index (κ2) is 6.91. The molecule has 0 radical (unpaired) electrons. The predicted molar refractivity (Wildman–Crippen MR) is 68.7 cm³/mol. The van der Waals surface area contributed by atoms with Crippen molar-refractivity contribution < 1.29 is 17.9 Å². The molecule has 5 heteroatoms. The predicted octanol–water partition coefficient (Wildman–Crippen LogP) is 3.91. The first-order valence-corrected chi connectivity index (χ1v) is 6.39. The van der Waals surface area contributed by atoms with Crippen molar-refractivity contribution in [1.82, 2.24) is 0 Å². The number of halogens is 3. The standard InChI is InChI=1S/C14H20F3NO/c1-3-6-10(2)19-9-13(18)11-7-4-5-8-12(11)14(15,16)17/h4-5,7-8,10,13H,3,6,9,18H2,1-2H3. The average Bonchev–Trinajstić information content (AvgIpc) is 2.35. The summed E-state index contributed by atoms with van der Waals surface area (Å²) in [5.41, 5.74) is 5.21. The lowest BCUT2D eigenvalue weighted by atomic mass is 10.0. The van der Waals surface area contributed by atoms with Gasteiger partial charge in [-0.1, -0.05) is 31.5 Å². The lowest BCUT2D eigenvalue weighted by Gasteiger charge is -2.20. The largest absolute Gasteiger partial charge is 0.416 e. The molecule has 0 saturated carbocycles. The van der Waals surface area contributed by atoms with Crippen LogP contribution in [0.4, 0.5) is 13.2 Å². The molecular weight excluding hydrogens is 255 g/mol. The van der Waals surface area contributed by atoms with Crippen molar-refractivity contribution in [3.05, 3.63) is 35.4 Å². The summed E-state index contributed by atoms with van der Waals surface area (Å²) in [7, 11) is 0. The van der Waals surface area contributed by atoms with E-state index in [0.29, 0.717) is 0 Å². The van der Waals surface area contributed by atoms with Gasteiger partial charge in [0.25, 0.3) is 0 Å². The number of alkyl halides is 3. The van der Waals surface area contributed by atoms with Crippen LogP contribution in [0.2, 0.25) is 0 Å². The van der Waals surface area contributed by atoms with Crippen LogP contribution < -0.4 is 5.73 Å². The van der Waals surface area contributed by atoms with Gasteiger partial charge in [0, 0.05) is 0 Å². The molecule has 1 aromatic rings. The van der Waals surface area contributed by atoms with Crippen LogP contribution in [0.1, 0.15) is 43.9 Å². The van der Waals surface area contributed by atoms with Gasteiger partial charge >= 0.3 is 6.18 Å². The molecule has 0 aliphatic rings. The van der Waals surface area contributed by atoms with Gasteiger partial charge in [0.05, 0.1) is 24.3 Å². The van der Waals surface area contributed by atoms with E-state index in [2.05, 4.69) is 0 Å². The Balaban J connectivity index is 2.74. The molecule has 0 amide bonds. The second-order valence-electron chi connectivity index (χ2n) is 4.62. The first kappa shape index (κ1) is 16.0. The third-order valence-electron chi connectivity index (χ3n) is 2.92. The van der Waals surface area contributed by atoms with Crippen molar-refractivity contribution in [2.24, 2.45) is 5.73 Å². The number of nitrogens with two attached hydrogens (primary N) is 1. The lowest BCUT2D eigenvalue weighted by Crippen LogP contribution is -2.23. The fourth-order valence-corrected chi connectivity index (χ4v) is 1.93. The third-order valence-corrected chi connectivity index (χ3v) is 2.92. The topological polar surface area (TPSA) is 35.2 Å². The molecule has 0 bridgehead atoms. The van der Waals surface area contributed by atoms with Crippen molar-refractivity contribution in [3.63, 3.8) is 0 Å². The Morgan fingerprint density at radius 3 is 2.47 bits per heavy atom. The van der Waals surface area contributed by atoms with E-state index in [4.69, 9.17) is 10.5 Å². The van der Waals surface area contributed by atoms with Crippen molar-refractivity contribution in [2.75, 3.05) is 6.61 Å². The fourth-order valence-electron chi connectivity index (χ4n) is 1.93. The van der Waals surface area contributed by atoms with Crippen molar-refractivity contribution in [1.29, 1.82) is 0 Å². The molecule has 0 heterocycles. The quantitative estimate of drug-likeness (QED) is 0.854. The Kier molecular flexibility index (Phi) is 5.82. The van der Waals surface area contributed by atoms with E-state index < -0.39 is 17.8 Å². The minimum absolute atomic E-state index is 0.00842. The molecule has 0 aliphatic heterocycles. The van der Waals surface area contributed by atoms with Crippen LogP contribution in [0.3, 0.4) is 0 Å². The Morgan fingerprint density at radius 2 is 1.89 bits per heavy atom. The molecule has 108 valence electrons. The summed E-state index contributed by atoms with van der Waals surface area (Å²) in [5.74, 6) is 0. The highest BCUT2D eigenvalue weighted by Crippen LogP contribution is 2.34. The monoisotopic (exact) mass is 275 g/mol. The van der Waals surface area contributed by atoms with E-state index in [1.54, 1.807) is 6.07 Å². The van der Waals surface area contributed by atoms with Crippen molar-refractivity contribution in [2.45, 2.75) is 45.0 Å². The smallest absolute Gasteiger partial charge is 0.377 e. The van der Waals surface area contributed by atoms with Gasteiger partial charge in [-0.15, -0.1) is 0 Å². The zero-order valence-corrected chi connectivity index (χ0v) is 11.2. The maximum Gasteiger partial charge on any atom is 0.416 e. The molecule has 0 aromatic heterocycles. The molecule has 2 unspecified atom stereocenters. The van der Waals surface area contributed by atoms with Gasteiger partial charge < -0.3 is 10.5 Å². The molecule has 1 aromatic carbocycles. The number of rotatable bonds is 6. The van der Waals surface area contributed by atoms with Crippen LogP contribution in [-0.2, 0) is 10.9 Å². The van der Waals surface area contributed by atoms with Crippen molar-refractivity contribution >= 4 is 0 Å². The average molecular weight is 275 g/mol. The van der Waals surface area contributed by atoms with Crippen LogP contribution in [0, 0.1) is 0 Å². The lowest BCUT2D eigenvalue weighted by molar-refractivity contribution is -0.138. The molecule has 19 heavy (non-hydrogen) atoms. The molecule has 0 spiro atoms. The molecular formula is C14H20F3NO. The molecule has 1 rings (SSSR count). The minimum Gasteiger partial charge on any atom is -0.377 e. The van der Waals surface area contributed by atoms with Gasteiger partial charge in [0.2, 0.25) is 0 Å². The highest BCUT2D eigenvalue weighted by Gasteiger charge is 2.34. The molecule has 0 aliphatic carbocycles. The van der Waals surface area contributed by atoms with Crippen LogP contribution in [0.15, 0.2) is 24.3 Å². The van der Waals surface area contributed by atoms with Gasteiger partial charge in [-0.05, 0) is 25.0 Å². The maximum atomic E-state index is 12.8. The number of ether oxygens (including phenoxy) is 1. The molecule has 0 saturated heterocycles. The third kappa shape index (κ3) is 4.84. The van der Waals surface area contributed by atoms with Gasteiger partial charge in [-0.25, -0.2) is 0 Å². The summed E-state index contributed by atoms with van der Waals surface area (Å²) in [6, 6.07) is 4.60. The van der Waals surface area contributed by atoms with E-state index in [0.717, 1.165) is 18.9 Å². The highest BCUT2D eigenvalue weighted by molar-refractivity contribution is 5.32. The fraction of sp³-hybridized carbons (Fsp3) is 0.571. The maximum absolute atomic E-state index is 12.8. The van der Waals surface area contributed by atoms with Crippen LogP contribution in [0.5, 0.6) is 0 Å². The zero-order valence-electron chi connectivity index (χ0n) is 11.2. The molecule has 2 atom stereocenters. The minimum atomic E-state index is -4.39. The van der Waals surface area contributed by atoms with Crippen LogP contribution in [0.25, 0.3) is 0 Å². The Morgan fingerprint density at radius 1 is 1.26 bits per heavy atom. The second-order valence-corrected chi connectivity index (χ2v) is 4.62. The first-order valence-electron chi connectivity index (χ1n) is 6.39. The number of hydrogen-bond donors (Lipinski definition) is 1. The van der Waals surface area contributed by atoms with Gasteiger partial charge in [-0.2, -0.15) is 13.2 Å². The van der Waals surface area contributed by atoms with E-state index in [-0.39, 0.29) is 18.3 Å². The summed E-state index contributed by atoms with van der Waals surface area (Å²) < 4.78 is 44.0. The number of hydrogen-bond acceptors (Lipinski definition) is 2. The first-order chi connectivity index (χ1) is 8.86. The molecule has 2 N–H and O–H groups in total. The Bertz CT molecular complexity index is 393. The van der Waals surface area contributed by atoms with E-state index >= 15 is 0 Å². The van der Waals surface area contributed by atoms with Crippen LogP contribution >= 0.6 is 0 Å². The van der Waals surface area contributed by atoms with Gasteiger partial charge in [0.1, 0.15) is 0 Å². The summed E-state index contributed by atoms with van der Waals surface area (Å²) in [6.07, 6.45) is -2.54. The summed E-state index contributed by atoms with van der Waals surface area (Å²) in [4.78, 5) is 0. The summed E-state index contributed by atoms with van der Waals surface area (Å²) >= 11 is 0. The highest BCUT2D eigenvalue weighted by atomic mass is 19.4. The van der Waals surface area contributed by atoms with E-state index in [9.17, 15) is 13.2 Å². The summed E-state index contributed by atoms with van der Waals surface area (Å²) in [5, 5.41) is 0. The Hall–Kier alpha value is -1.07. The van der Waals surface area contributed by atoms with E-state index in [1.165, 1.54) is 12.1 Å². The number of benzene rings is 1. The van der Waals surface area contributed by atoms with Gasteiger partial charge in [0.15, 0.2) is 0 Å². The van der Waals surface area contributed by atoms with E-state index in [1.807, 2.05) is 13.8 Å². The molecule has 0 fully saturated rings. The van der Waals surface area contributed by atoms with Crippen LogP contribution in [-0.4, -0.2) is 12.7 Å². The van der Waals surface area contributed by atoms with Crippen molar-refractivity contribution in [3.8, 4) is 0 Å². The normalized spacial score (nSPS) is 15.3. The molecule has 2 nitrogen and oxygen atoms in total. The SMILES string of the molecule is CCCC(C)OCC(N)c1ccccc1C(F)(F)F. The van der Waals surface area contributed by atoms with Gasteiger partial charge in [-0.3, -0.25) is 0 Å². The summed E-state index contributed by atoms with van der Waals surface area (Å²) in [6.45, 7) is 4.01.